The minimum atomic E-state index is -0.824. The van der Waals surface area contributed by atoms with Gasteiger partial charge in [0.1, 0.15) is 5.78 Å². The fourth-order valence-electron chi connectivity index (χ4n) is 4.31. The van der Waals surface area contributed by atoms with Crippen LogP contribution >= 0.6 is 0 Å². The summed E-state index contributed by atoms with van der Waals surface area (Å²) in [5.74, 6) is -2.53. The maximum Gasteiger partial charge on any atom is 0.303 e. The Balaban J connectivity index is 0. The molecule has 0 rings (SSSR count). The number of rotatable bonds is 27. The van der Waals surface area contributed by atoms with E-state index in [1.54, 1.807) is 13.0 Å². The number of aliphatic hydroxyl groups is 1. The van der Waals surface area contributed by atoms with E-state index in [0.29, 0.717) is 19.4 Å². The lowest BCUT2D eigenvalue weighted by atomic mass is 9.95. The molecule has 0 aromatic carbocycles. The van der Waals surface area contributed by atoms with E-state index in [0.717, 1.165) is 44.9 Å². The number of aliphatic carboxylic acids is 1. The summed E-state index contributed by atoms with van der Waals surface area (Å²) in [7, 11) is 0. The van der Waals surface area contributed by atoms with E-state index in [-0.39, 0.29) is 25.5 Å². The van der Waals surface area contributed by atoms with Crippen LogP contribution in [0.25, 0.3) is 0 Å². The van der Waals surface area contributed by atoms with Gasteiger partial charge in [-0.25, -0.2) is 0 Å². The van der Waals surface area contributed by atoms with E-state index in [2.05, 4.69) is 5.32 Å². The number of aliphatic hydroxyl groups excluding tert-OH is 1. The standard InChI is InChI=1S/C30H54N2O6.H2/c1-25(27(34)23-26(24-33)30(31)38)19-15-14-18-22-32-28(35)20-16-12-10-8-6-4-2-3-5-7-9-11-13-17-21-29(36)37;/h15,19,25-26,33H,2-14,16-18,20-24H2,1H3,(H2,31,38)(H,32,35)(H,36,37);1H/t25?,26-;/m0./s1. The molecule has 0 radical (unpaired) electrons. The van der Waals surface area contributed by atoms with E-state index in [1.165, 1.54) is 57.8 Å². The van der Waals surface area contributed by atoms with Crippen molar-refractivity contribution in [1.82, 2.24) is 5.32 Å². The van der Waals surface area contributed by atoms with E-state index in [4.69, 9.17) is 15.9 Å². The maximum absolute atomic E-state index is 12.1. The molecule has 2 atom stereocenters. The number of carbonyl (C=O) groups is 4. The van der Waals surface area contributed by atoms with Crippen LogP contribution in [0.3, 0.4) is 0 Å². The molecule has 0 aromatic heterocycles. The van der Waals surface area contributed by atoms with Crippen LogP contribution in [0.5, 0.6) is 0 Å². The van der Waals surface area contributed by atoms with Gasteiger partial charge in [-0.05, 0) is 25.7 Å². The summed E-state index contributed by atoms with van der Waals surface area (Å²) in [4.78, 5) is 45.6. The highest BCUT2D eigenvalue weighted by molar-refractivity contribution is 5.88. The maximum atomic E-state index is 12.1. The molecule has 0 saturated heterocycles. The highest BCUT2D eigenvalue weighted by Gasteiger charge is 2.20. The lowest BCUT2D eigenvalue weighted by Gasteiger charge is -2.11. The van der Waals surface area contributed by atoms with Gasteiger partial charge in [-0.1, -0.05) is 96.1 Å². The minimum absolute atomic E-state index is 0. The van der Waals surface area contributed by atoms with Crippen molar-refractivity contribution in [3.8, 4) is 0 Å². The molecule has 2 amide bonds. The largest absolute Gasteiger partial charge is 0.481 e. The second-order valence-electron chi connectivity index (χ2n) is 10.5. The summed E-state index contributed by atoms with van der Waals surface area (Å²) in [5.41, 5.74) is 5.16. The molecule has 222 valence electrons. The first kappa shape index (κ1) is 35.8. The van der Waals surface area contributed by atoms with E-state index in [1.807, 2.05) is 6.08 Å². The van der Waals surface area contributed by atoms with Crippen LogP contribution in [0, 0.1) is 11.8 Å². The Bertz CT molecular complexity index is 686. The van der Waals surface area contributed by atoms with Crippen LogP contribution in [0.4, 0.5) is 0 Å². The quantitative estimate of drug-likeness (QED) is 0.0776. The predicted octanol–water partition coefficient (Wildman–Crippen LogP) is 5.70. The van der Waals surface area contributed by atoms with Crippen LogP contribution in [-0.2, 0) is 19.2 Å². The smallest absolute Gasteiger partial charge is 0.303 e. The number of carboxylic acid groups (broad SMARTS) is 1. The minimum Gasteiger partial charge on any atom is -0.481 e. The lowest BCUT2D eigenvalue weighted by molar-refractivity contribution is -0.137. The summed E-state index contributed by atoms with van der Waals surface area (Å²) in [6.45, 7) is 1.96. The van der Waals surface area contributed by atoms with E-state index in [9.17, 15) is 19.2 Å². The second kappa shape index (κ2) is 25.1. The molecule has 0 saturated carbocycles. The molecule has 0 aliphatic rings. The number of unbranched alkanes of at least 4 members (excludes halogenated alkanes) is 14. The van der Waals surface area contributed by atoms with Gasteiger partial charge in [0.25, 0.3) is 0 Å². The number of hydrogen-bond donors (Lipinski definition) is 4. The van der Waals surface area contributed by atoms with Crippen molar-refractivity contribution in [1.29, 1.82) is 0 Å². The summed E-state index contributed by atoms with van der Waals surface area (Å²) in [5, 5.41) is 20.7. The zero-order valence-electron chi connectivity index (χ0n) is 23.8. The van der Waals surface area contributed by atoms with Crippen LogP contribution in [-0.4, -0.2) is 46.9 Å². The van der Waals surface area contributed by atoms with Gasteiger partial charge < -0.3 is 21.3 Å². The molecule has 0 fully saturated rings. The molecule has 8 heteroatoms. The van der Waals surface area contributed by atoms with Crippen LogP contribution < -0.4 is 11.1 Å². The first-order valence-corrected chi connectivity index (χ1v) is 14.9. The number of hydrogen-bond acceptors (Lipinski definition) is 5. The molecule has 38 heavy (non-hydrogen) atoms. The van der Waals surface area contributed by atoms with Crippen molar-refractivity contribution in [3.05, 3.63) is 12.2 Å². The van der Waals surface area contributed by atoms with Gasteiger partial charge in [-0.2, -0.15) is 0 Å². The van der Waals surface area contributed by atoms with Crippen molar-refractivity contribution in [2.24, 2.45) is 17.6 Å². The van der Waals surface area contributed by atoms with E-state index >= 15 is 0 Å². The molecule has 0 spiro atoms. The van der Waals surface area contributed by atoms with Crippen molar-refractivity contribution in [2.75, 3.05) is 13.2 Å². The number of primary amides is 1. The van der Waals surface area contributed by atoms with Gasteiger partial charge in [0.2, 0.25) is 11.8 Å². The topological polar surface area (TPSA) is 147 Å². The van der Waals surface area contributed by atoms with Crippen molar-refractivity contribution < 1.29 is 30.8 Å². The fraction of sp³-hybridized carbons (Fsp3) is 0.800. The van der Waals surface area contributed by atoms with Crippen LogP contribution in [0.2, 0.25) is 0 Å². The Hall–Kier alpha value is -2.22. The number of Topliss-reactive ketones (excluding diaryl/α,β-unsaturated/α-hetero) is 1. The molecule has 0 aliphatic heterocycles. The monoisotopic (exact) mass is 540 g/mol. The van der Waals surface area contributed by atoms with Crippen molar-refractivity contribution in [3.63, 3.8) is 0 Å². The van der Waals surface area contributed by atoms with Gasteiger partial charge >= 0.3 is 5.97 Å². The third-order valence-corrected chi connectivity index (χ3v) is 6.92. The number of ketones is 1. The van der Waals surface area contributed by atoms with Crippen molar-refractivity contribution >= 4 is 23.6 Å². The van der Waals surface area contributed by atoms with Crippen molar-refractivity contribution in [2.45, 2.75) is 129 Å². The third kappa shape index (κ3) is 22.9. The summed E-state index contributed by atoms with van der Waals surface area (Å²) >= 11 is 0. The SMILES string of the molecule is CC(C=CCCCNC(=O)CCCCCCCCCCCCCCCCC(=O)O)C(=O)C[C@@H](CO)C(N)=O.[HH]. The Morgan fingerprint density at radius 3 is 1.71 bits per heavy atom. The Morgan fingerprint density at radius 2 is 1.26 bits per heavy atom. The molecular formula is C30H56N2O6. The molecule has 8 nitrogen and oxygen atoms in total. The summed E-state index contributed by atoms with van der Waals surface area (Å²) < 4.78 is 0. The number of carbonyl (C=O) groups excluding carboxylic acids is 3. The molecule has 5 N–H and O–H groups in total. The number of allylic oxidation sites excluding steroid dienone is 2. The molecular weight excluding hydrogens is 484 g/mol. The predicted molar refractivity (Wildman–Crippen MR) is 154 cm³/mol. The third-order valence-electron chi connectivity index (χ3n) is 6.92. The molecule has 0 bridgehead atoms. The first-order chi connectivity index (χ1) is 18.3. The highest BCUT2D eigenvalue weighted by atomic mass is 16.4. The van der Waals surface area contributed by atoms with Crippen LogP contribution in [0.1, 0.15) is 130 Å². The number of carboxylic acids is 1. The molecule has 0 aromatic rings. The number of nitrogens with two attached hydrogens (primary N) is 1. The van der Waals surface area contributed by atoms with Crippen LogP contribution in [0.15, 0.2) is 12.2 Å². The highest BCUT2D eigenvalue weighted by Crippen LogP contribution is 2.14. The normalized spacial score (nSPS) is 12.9. The number of amides is 2. The van der Waals surface area contributed by atoms with Gasteiger partial charge in [0.15, 0.2) is 0 Å². The van der Waals surface area contributed by atoms with E-state index < -0.39 is 24.4 Å². The average molecular weight is 541 g/mol. The molecule has 0 heterocycles. The Kier molecular flexibility index (Phi) is 23.6. The molecule has 1 unspecified atom stereocenters. The lowest BCUT2D eigenvalue weighted by Crippen LogP contribution is -2.29. The second-order valence-corrected chi connectivity index (χ2v) is 10.5. The fourth-order valence-corrected chi connectivity index (χ4v) is 4.31. The zero-order chi connectivity index (χ0) is 28.4. The zero-order valence-corrected chi connectivity index (χ0v) is 23.8. The Labute approximate surface area is 231 Å². The summed E-state index contributed by atoms with van der Waals surface area (Å²) in [6, 6.07) is 0. The first-order valence-electron chi connectivity index (χ1n) is 14.9. The molecule has 0 aliphatic carbocycles. The van der Waals surface area contributed by atoms with Gasteiger partial charge in [-0.3, -0.25) is 19.2 Å². The van der Waals surface area contributed by atoms with Gasteiger partial charge in [0, 0.05) is 33.2 Å². The number of nitrogens with one attached hydrogen (secondary N) is 1. The Morgan fingerprint density at radius 1 is 0.789 bits per heavy atom. The van der Waals surface area contributed by atoms with Gasteiger partial charge in [-0.15, -0.1) is 0 Å². The average Bonchev–Trinajstić information content (AvgIpc) is 2.88. The summed E-state index contributed by atoms with van der Waals surface area (Å²) in [6.07, 6.45) is 22.5. The van der Waals surface area contributed by atoms with Gasteiger partial charge in [0.05, 0.1) is 12.5 Å².